The normalized spacial score (nSPS) is 18.6. The first-order valence-corrected chi connectivity index (χ1v) is 7.59. The summed E-state index contributed by atoms with van der Waals surface area (Å²) in [6.45, 7) is 1.98. The fourth-order valence-electron chi connectivity index (χ4n) is 3.09. The fourth-order valence-corrected chi connectivity index (χ4v) is 3.09. The molecule has 3 heterocycles. The minimum absolute atomic E-state index is 0.308. The van der Waals surface area contributed by atoms with Gasteiger partial charge in [0, 0.05) is 12.1 Å². The molecule has 1 unspecified atom stereocenters. The quantitative estimate of drug-likeness (QED) is 0.755. The van der Waals surface area contributed by atoms with Crippen LogP contribution in [0.5, 0.6) is 0 Å². The van der Waals surface area contributed by atoms with Gasteiger partial charge < -0.3 is 11.1 Å². The maximum absolute atomic E-state index is 6.12. The third kappa shape index (κ3) is 2.12. The molecule has 0 saturated carbocycles. The van der Waals surface area contributed by atoms with Crippen LogP contribution in [-0.4, -0.2) is 32.8 Å². The van der Waals surface area contributed by atoms with E-state index in [-0.39, 0.29) is 0 Å². The van der Waals surface area contributed by atoms with Crippen molar-refractivity contribution in [3.63, 3.8) is 0 Å². The van der Waals surface area contributed by atoms with E-state index in [0.717, 1.165) is 48.2 Å². The zero-order chi connectivity index (χ0) is 14.9. The number of rotatable bonds is 2. The van der Waals surface area contributed by atoms with E-state index in [1.54, 1.807) is 0 Å². The van der Waals surface area contributed by atoms with Gasteiger partial charge in [0.15, 0.2) is 5.65 Å². The molecular formula is C16H18N6. The Labute approximate surface area is 128 Å². The third-order valence-corrected chi connectivity index (χ3v) is 4.18. The Morgan fingerprint density at radius 2 is 2.05 bits per heavy atom. The molecule has 3 aromatic rings. The van der Waals surface area contributed by atoms with Crippen molar-refractivity contribution >= 4 is 16.9 Å². The number of hydrogen-bond acceptors (Lipinski definition) is 5. The van der Waals surface area contributed by atoms with Gasteiger partial charge in [-0.2, -0.15) is 5.10 Å². The second-order valence-electron chi connectivity index (χ2n) is 5.62. The standard InChI is InChI=1S/C16H18N6/c17-15-13-14(11-5-2-1-3-6-11)21-22(16(13)20-10-19-15)12-7-4-8-18-9-12/h1-3,5-6,10,12,18H,4,7-9H2,(H2,17,19,20). The van der Waals surface area contributed by atoms with E-state index >= 15 is 0 Å². The Balaban J connectivity index is 1.93. The van der Waals surface area contributed by atoms with Crippen LogP contribution >= 0.6 is 0 Å². The summed E-state index contributed by atoms with van der Waals surface area (Å²) in [6, 6.07) is 10.4. The van der Waals surface area contributed by atoms with Crippen LogP contribution in [0.25, 0.3) is 22.3 Å². The molecule has 4 rings (SSSR count). The molecule has 3 N–H and O–H groups in total. The zero-order valence-corrected chi connectivity index (χ0v) is 12.2. The molecule has 1 atom stereocenters. The number of fused-ring (bicyclic) bond motifs is 1. The average Bonchev–Trinajstić information content (AvgIpc) is 2.98. The maximum atomic E-state index is 6.12. The van der Waals surface area contributed by atoms with Crippen molar-refractivity contribution in [1.82, 2.24) is 25.1 Å². The first kappa shape index (κ1) is 13.2. The molecule has 6 nitrogen and oxygen atoms in total. The van der Waals surface area contributed by atoms with Gasteiger partial charge in [-0.25, -0.2) is 14.6 Å². The summed E-state index contributed by atoms with van der Waals surface area (Å²) in [5.41, 5.74) is 8.84. The summed E-state index contributed by atoms with van der Waals surface area (Å²) < 4.78 is 2.02. The Bertz CT molecular complexity index is 789. The minimum Gasteiger partial charge on any atom is -0.383 e. The maximum Gasteiger partial charge on any atom is 0.164 e. The number of hydrogen-bond donors (Lipinski definition) is 2. The van der Waals surface area contributed by atoms with Crippen molar-refractivity contribution in [3.8, 4) is 11.3 Å². The summed E-state index contributed by atoms with van der Waals surface area (Å²) in [4.78, 5) is 8.59. The number of nitrogens with one attached hydrogen (secondary N) is 1. The average molecular weight is 294 g/mol. The molecule has 0 aliphatic carbocycles. The van der Waals surface area contributed by atoms with Gasteiger partial charge in [0.1, 0.15) is 17.8 Å². The van der Waals surface area contributed by atoms with E-state index in [4.69, 9.17) is 10.8 Å². The van der Waals surface area contributed by atoms with Gasteiger partial charge in [-0.3, -0.25) is 0 Å². The number of nitrogens with two attached hydrogens (primary N) is 1. The summed E-state index contributed by atoms with van der Waals surface area (Å²) in [5, 5.41) is 9.11. The number of anilines is 1. The zero-order valence-electron chi connectivity index (χ0n) is 12.2. The smallest absolute Gasteiger partial charge is 0.164 e. The first-order chi connectivity index (χ1) is 10.8. The van der Waals surface area contributed by atoms with E-state index in [1.807, 2.05) is 35.0 Å². The van der Waals surface area contributed by atoms with Crippen molar-refractivity contribution in [1.29, 1.82) is 0 Å². The third-order valence-electron chi connectivity index (χ3n) is 4.18. The lowest BCUT2D eigenvalue weighted by atomic mass is 10.1. The van der Waals surface area contributed by atoms with Crippen LogP contribution in [0, 0.1) is 0 Å². The molecule has 0 amide bonds. The predicted octanol–water partition coefficient (Wildman–Crippen LogP) is 2.00. The molecular weight excluding hydrogens is 276 g/mol. The highest BCUT2D eigenvalue weighted by molar-refractivity contribution is 5.98. The Morgan fingerprint density at radius 1 is 1.18 bits per heavy atom. The molecule has 1 aliphatic heterocycles. The molecule has 6 heteroatoms. The second-order valence-corrected chi connectivity index (χ2v) is 5.62. The number of nitrogens with zero attached hydrogens (tertiary/aromatic N) is 4. The van der Waals surface area contributed by atoms with Gasteiger partial charge in [0.2, 0.25) is 0 Å². The fraction of sp³-hybridized carbons (Fsp3) is 0.312. The Hall–Kier alpha value is -2.47. The van der Waals surface area contributed by atoms with Crippen LogP contribution in [0.2, 0.25) is 0 Å². The molecule has 0 bridgehead atoms. The number of piperidine rings is 1. The van der Waals surface area contributed by atoms with E-state index in [0.29, 0.717) is 11.9 Å². The molecule has 1 aromatic carbocycles. The van der Waals surface area contributed by atoms with E-state index in [2.05, 4.69) is 15.3 Å². The van der Waals surface area contributed by atoms with E-state index < -0.39 is 0 Å². The van der Waals surface area contributed by atoms with Crippen LogP contribution < -0.4 is 11.1 Å². The Morgan fingerprint density at radius 3 is 2.82 bits per heavy atom. The monoisotopic (exact) mass is 294 g/mol. The van der Waals surface area contributed by atoms with Crippen molar-refractivity contribution in [2.24, 2.45) is 0 Å². The molecule has 22 heavy (non-hydrogen) atoms. The van der Waals surface area contributed by atoms with Crippen LogP contribution in [-0.2, 0) is 0 Å². The van der Waals surface area contributed by atoms with Gasteiger partial charge in [-0.05, 0) is 19.4 Å². The SMILES string of the molecule is Nc1ncnc2c1c(-c1ccccc1)nn2C1CCCNC1. The van der Waals surface area contributed by atoms with Crippen LogP contribution in [0.1, 0.15) is 18.9 Å². The van der Waals surface area contributed by atoms with E-state index in [9.17, 15) is 0 Å². The van der Waals surface area contributed by atoms with Gasteiger partial charge in [0.05, 0.1) is 11.4 Å². The van der Waals surface area contributed by atoms with Gasteiger partial charge in [-0.1, -0.05) is 30.3 Å². The van der Waals surface area contributed by atoms with Gasteiger partial charge in [-0.15, -0.1) is 0 Å². The topological polar surface area (TPSA) is 81.7 Å². The summed E-state index contributed by atoms with van der Waals surface area (Å²) in [6.07, 6.45) is 3.76. The molecule has 2 aromatic heterocycles. The number of aromatic nitrogens is 4. The van der Waals surface area contributed by atoms with Crippen molar-refractivity contribution in [2.75, 3.05) is 18.8 Å². The second kappa shape index (κ2) is 5.38. The van der Waals surface area contributed by atoms with Crippen molar-refractivity contribution < 1.29 is 0 Å². The molecule has 1 saturated heterocycles. The summed E-state index contributed by atoms with van der Waals surface area (Å²) >= 11 is 0. The lowest BCUT2D eigenvalue weighted by Crippen LogP contribution is -2.32. The molecule has 1 aliphatic rings. The van der Waals surface area contributed by atoms with Gasteiger partial charge in [0.25, 0.3) is 0 Å². The largest absolute Gasteiger partial charge is 0.383 e. The highest BCUT2D eigenvalue weighted by Crippen LogP contribution is 2.32. The molecule has 0 radical (unpaired) electrons. The van der Waals surface area contributed by atoms with Crippen molar-refractivity contribution in [2.45, 2.75) is 18.9 Å². The molecule has 1 fully saturated rings. The van der Waals surface area contributed by atoms with Crippen molar-refractivity contribution in [3.05, 3.63) is 36.7 Å². The lowest BCUT2D eigenvalue weighted by Gasteiger charge is -2.23. The van der Waals surface area contributed by atoms with Gasteiger partial charge >= 0.3 is 0 Å². The predicted molar refractivity (Wildman–Crippen MR) is 86.3 cm³/mol. The lowest BCUT2D eigenvalue weighted by molar-refractivity contribution is 0.354. The molecule has 0 spiro atoms. The number of benzene rings is 1. The summed E-state index contributed by atoms with van der Waals surface area (Å²) in [5.74, 6) is 0.485. The Kier molecular flexibility index (Phi) is 3.23. The number of nitrogen functional groups attached to an aromatic ring is 1. The summed E-state index contributed by atoms with van der Waals surface area (Å²) in [7, 11) is 0. The van der Waals surface area contributed by atoms with Crippen LogP contribution in [0.15, 0.2) is 36.7 Å². The van der Waals surface area contributed by atoms with Crippen LogP contribution in [0.3, 0.4) is 0 Å². The minimum atomic E-state index is 0.308. The van der Waals surface area contributed by atoms with E-state index in [1.165, 1.54) is 6.33 Å². The first-order valence-electron chi connectivity index (χ1n) is 7.59. The highest BCUT2D eigenvalue weighted by Gasteiger charge is 2.23. The highest BCUT2D eigenvalue weighted by atomic mass is 15.3. The molecule has 112 valence electrons. The van der Waals surface area contributed by atoms with Crippen LogP contribution in [0.4, 0.5) is 5.82 Å².